The Hall–Kier alpha value is -2.86. The number of rotatable bonds is 7. The summed E-state index contributed by atoms with van der Waals surface area (Å²) in [5.74, 6) is 1.81. The van der Waals surface area contributed by atoms with Crippen LogP contribution in [0.5, 0.6) is 11.5 Å². The van der Waals surface area contributed by atoms with Crippen LogP contribution >= 0.6 is 11.8 Å². The van der Waals surface area contributed by atoms with Gasteiger partial charge in [0.25, 0.3) is 0 Å². The molecule has 1 heterocycles. The molecule has 0 aliphatic rings. The average Bonchev–Trinajstić information content (AvgIpc) is 2.72. The highest BCUT2D eigenvalue weighted by molar-refractivity contribution is 7.99. The summed E-state index contributed by atoms with van der Waals surface area (Å²) in [7, 11) is 3.22. The molecule has 0 radical (unpaired) electrons. The van der Waals surface area contributed by atoms with Crippen molar-refractivity contribution >= 4 is 17.5 Å². The molecule has 5 nitrogen and oxygen atoms in total. The van der Waals surface area contributed by atoms with E-state index < -0.39 is 0 Å². The van der Waals surface area contributed by atoms with Crippen LogP contribution in [0.4, 0.5) is 0 Å². The summed E-state index contributed by atoms with van der Waals surface area (Å²) < 4.78 is 10.4. The van der Waals surface area contributed by atoms with Crippen molar-refractivity contribution in [3.8, 4) is 22.8 Å². The predicted molar refractivity (Wildman–Crippen MR) is 102 cm³/mol. The Bertz CT molecular complexity index is 880. The molecule has 132 valence electrons. The van der Waals surface area contributed by atoms with Gasteiger partial charge in [-0.05, 0) is 48.5 Å². The first-order chi connectivity index (χ1) is 12.7. The number of benzene rings is 2. The van der Waals surface area contributed by atoms with Gasteiger partial charge in [0.1, 0.15) is 16.5 Å². The van der Waals surface area contributed by atoms with E-state index in [0.29, 0.717) is 16.3 Å². The van der Waals surface area contributed by atoms with Gasteiger partial charge in [0, 0.05) is 11.1 Å². The van der Waals surface area contributed by atoms with Gasteiger partial charge >= 0.3 is 0 Å². The summed E-state index contributed by atoms with van der Waals surface area (Å²) in [5.41, 5.74) is 2.26. The number of Topliss-reactive ketones (excluding diaryl/α,β-unsaturated/α-hetero) is 1. The standard InChI is InChI=1S/C20H18N2O3S/c1-24-15-9-7-14(8-10-15)18(23)13-26-20-12-11-17(21-22-20)16-5-3-4-6-19(16)25-2/h3-12H,13H2,1-2H3. The number of aromatic nitrogens is 2. The Kier molecular flexibility index (Phi) is 5.86. The van der Waals surface area contributed by atoms with Gasteiger partial charge in [-0.15, -0.1) is 10.2 Å². The van der Waals surface area contributed by atoms with E-state index in [1.54, 1.807) is 38.5 Å². The molecule has 0 saturated carbocycles. The normalized spacial score (nSPS) is 10.4. The van der Waals surface area contributed by atoms with Gasteiger partial charge in [-0.2, -0.15) is 0 Å². The van der Waals surface area contributed by atoms with E-state index in [-0.39, 0.29) is 5.78 Å². The Morgan fingerprint density at radius 2 is 1.69 bits per heavy atom. The number of methoxy groups -OCH3 is 2. The number of hydrogen-bond donors (Lipinski definition) is 0. The maximum Gasteiger partial charge on any atom is 0.173 e. The van der Waals surface area contributed by atoms with E-state index in [0.717, 1.165) is 22.8 Å². The van der Waals surface area contributed by atoms with E-state index in [1.807, 2.05) is 36.4 Å². The van der Waals surface area contributed by atoms with Crippen LogP contribution in [0.1, 0.15) is 10.4 Å². The molecule has 0 saturated heterocycles. The predicted octanol–water partition coefficient (Wildman–Crippen LogP) is 4.14. The third-order valence-electron chi connectivity index (χ3n) is 3.79. The third kappa shape index (κ3) is 4.21. The van der Waals surface area contributed by atoms with Crippen LogP contribution in [0.15, 0.2) is 65.7 Å². The van der Waals surface area contributed by atoms with Gasteiger partial charge in [0.15, 0.2) is 5.78 Å². The lowest BCUT2D eigenvalue weighted by molar-refractivity contribution is 0.102. The summed E-state index contributed by atoms with van der Waals surface area (Å²) in [5, 5.41) is 9.16. The highest BCUT2D eigenvalue weighted by Crippen LogP contribution is 2.28. The van der Waals surface area contributed by atoms with Crippen LogP contribution in [-0.4, -0.2) is 36.0 Å². The molecule has 3 aromatic rings. The number of thioether (sulfide) groups is 1. The van der Waals surface area contributed by atoms with Gasteiger partial charge in [-0.1, -0.05) is 23.9 Å². The van der Waals surface area contributed by atoms with E-state index >= 15 is 0 Å². The number of ether oxygens (including phenoxy) is 2. The SMILES string of the molecule is COc1ccc(C(=O)CSc2ccc(-c3ccccc3OC)nn2)cc1. The smallest absolute Gasteiger partial charge is 0.173 e. The Morgan fingerprint density at radius 1 is 0.923 bits per heavy atom. The fourth-order valence-electron chi connectivity index (χ4n) is 2.40. The fraction of sp³-hybridized carbons (Fsp3) is 0.150. The summed E-state index contributed by atoms with van der Waals surface area (Å²) >= 11 is 1.36. The highest BCUT2D eigenvalue weighted by Gasteiger charge is 2.10. The van der Waals surface area contributed by atoms with E-state index in [2.05, 4.69) is 10.2 Å². The molecule has 0 bridgehead atoms. The zero-order valence-corrected chi connectivity index (χ0v) is 15.3. The van der Waals surface area contributed by atoms with Gasteiger partial charge in [0.2, 0.25) is 0 Å². The van der Waals surface area contributed by atoms with Crippen molar-refractivity contribution in [2.24, 2.45) is 0 Å². The lowest BCUT2D eigenvalue weighted by atomic mass is 10.1. The van der Waals surface area contributed by atoms with E-state index in [9.17, 15) is 4.79 Å². The van der Waals surface area contributed by atoms with Gasteiger partial charge in [-0.3, -0.25) is 4.79 Å². The Labute approximate surface area is 156 Å². The second kappa shape index (κ2) is 8.49. The maximum atomic E-state index is 12.3. The third-order valence-corrected chi connectivity index (χ3v) is 4.71. The molecular weight excluding hydrogens is 348 g/mol. The van der Waals surface area contributed by atoms with E-state index in [1.165, 1.54) is 11.8 Å². The largest absolute Gasteiger partial charge is 0.497 e. The van der Waals surface area contributed by atoms with Crippen LogP contribution in [0.2, 0.25) is 0 Å². The van der Waals surface area contributed by atoms with Crippen molar-refractivity contribution in [3.05, 3.63) is 66.2 Å². The molecule has 0 atom stereocenters. The monoisotopic (exact) mass is 366 g/mol. The molecular formula is C20H18N2O3S. The van der Waals surface area contributed by atoms with Gasteiger partial charge in [-0.25, -0.2) is 0 Å². The molecule has 0 spiro atoms. The molecule has 6 heteroatoms. The molecule has 0 N–H and O–H groups in total. The number of nitrogens with zero attached hydrogens (tertiary/aromatic N) is 2. The minimum absolute atomic E-state index is 0.0354. The van der Waals surface area contributed by atoms with Crippen molar-refractivity contribution in [1.29, 1.82) is 0 Å². The molecule has 1 aromatic heterocycles. The number of hydrogen-bond acceptors (Lipinski definition) is 6. The molecule has 26 heavy (non-hydrogen) atoms. The van der Waals surface area contributed by atoms with Crippen LogP contribution in [0, 0.1) is 0 Å². The highest BCUT2D eigenvalue weighted by atomic mass is 32.2. The van der Waals surface area contributed by atoms with Crippen LogP contribution < -0.4 is 9.47 Å². The van der Waals surface area contributed by atoms with Crippen LogP contribution in [0.25, 0.3) is 11.3 Å². The van der Waals surface area contributed by atoms with Crippen LogP contribution in [0.3, 0.4) is 0 Å². The maximum absolute atomic E-state index is 12.3. The Balaban J connectivity index is 1.64. The molecule has 0 aliphatic carbocycles. The van der Waals surface area contributed by atoms with Crippen LogP contribution in [-0.2, 0) is 0 Å². The number of ketones is 1. The number of carbonyl (C=O) groups is 1. The molecule has 0 fully saturated rings. The minimum atomic E-state index is 0.0354. The lowest BCUT2D eigenvalue weighted by Gasteiger charge is -2.07. The first-order valence-corrected chi connectivity index (χ1v) is 8.97. The zero-order valence-electron chi connectivity index (χ0n) is 14.5. The molecule has 0 amide bonds. The fourth-order valence-corrected chi connectivity index (χ4v) is 3.11. The van der Waals surface area contributed by atoms with Crippen molar-refractivity contribution in [2.75, 3.05) is 20.0 Å². The molecule has 3 rings (SSSR count). The summed E-state index contributed by atoms with van der Waals surface area (Å²) in [6.45, 7) is 0. The average molecular weight is 366 g/mol. The molecule has 0 aliphatic heterocycles. The molecule has 2 aromatic carbocycles. The summed E-state index contributed by atoms with van der Waals surface area (Å²) in [4.78, 5) is 12.3. The van der Waals surface area contributed by atoms with Gasteiger partial charge in [0.05, 0.1) is 25.7 Å². The molecule has 0 unspecified atom stereocenters. The lowest BCUT2D eigenvalue weighted by Crippen LogP contribution is -2.03. The zero-order chi connectivity index (χ0) is 18.4. The number of para-hydroxylation sites is 1. The first kappa shape index (κ1) is 17.9. The summed E-state index contributed by atoms with van der Waals surface area (Å²) in [6.07, 6.45) is 0. The quantitative estimate of drug-likeness (QED) is 0.463. The van der Waals surface area contributed by atoms with Crippen molar-refractivity contribution in [3.63, 3.8) is 0 Å². The van der Waals surface area contributed by atoms with Gasteiger partial charge < -0.3 is 9.47 Å². The van der Waals surface area contributed by atoms with Crippen molar-refractivity contribution < 1.29 is 14.3 Å². The second-order valence-corrected chi connectivity index (χ2v) is 6.39. The Morgan fingerprint density at radius 3 is 2.35 bits per heavy atom. The van der Waals surface area contributed by atoms with Crippen molar-refractivity contribution in [2.45, 2.75) is 5.03 Å². The first-order valence-electron chi connectivity index (χ1n) is 7.98. The second-order valence-electron chi connectivity index (χ2n) is 5.40. The van der Waals surface area contributed by atoms with E-state index in [4.69, 9.17) is 9.47 Å². The topological polar surface area (TPSA) is 61.3 Å². The minimum Gasteiger partial charge on any atom is -0.497 e. The van der Waals surface area contributed by atoms with Crippen molar-refractivity contribution in [1.82, 2.24) is 10.2 Å². The summed E-state index contributed by atoms with van der Waals surface area (Å²) in [6, 6.07) is 18.5. The number of carbonyl (C=O) groups excluding carboxylic acids is 1.